The zero-order valence-corrected chi connectivity index (χ0v) is 12.8. The van der Waals surface area contributed by atoms with Gasteiger partial charge in [0.1, 0.15) is 0 Å². The molecule has 0 heterocycles. The quantitative estimate of drug-likeness (QED) is 0.872. The van der Waals surface area contributed by atoms with E-state index < -0.39 is 0 Å². The van der Waals surface area contributed by atoms with Crippen molar-refractivity contribution >= 4 is 15.9 Å². The Labute approximate surface area is 123 Å². The van der Waals surface area contributed by atoms with Crippen molar-refractivity contribution in [1.29, 1.82) is 0 Å². The number of nitrogens with one attached hydrogen (secondary N) is 1. The zero-order valence-electron chi connectivity index (χ0n) is 11.2. The maximum Gasteiger partial charge on any atom is 0.0445 e. The van der Waals surface area contributed by atoms with Crippen LogP contribution in [0, 0.1) is 5.92 Å². The van der Waals surface area contributed by atoms with Gasteiger partial charge in [-0.2, -0.15) is 0 Å². The van der Waals surface area contributed by atoms with Crippen molar-refractivity contribution in [1.82, 2.24) is 5.32 Å². The van der Waals surface area contributed by atoms with Gasteiger partial charge in [-0.25, -0.2) is 0 Å². The van der Waals surface area contributed by atoms with E-state index in [1.807, 2.05) is 0 Å². The van der Waals surface area contributed by atoms with Gasteiger partial charge in [0.15, 0.2) is 0 Å². The van der Waals surface area contributed by atoms with Gasteiger partial charge in [-0.05, 0) is 67.7 Å². The molecule has 2 aliphatic carbocycles. The molecule has 0 aromatic heterocycles. The molecule has 0 spiro atoms. The Kier molecular flexibility index (Phi) is 4.25. The first-order valence-corrected chi connectivity index (χ1v) is 8.20. The monoisotopic (exact) mass is 323 g/mol. The largest absolute Gasteiger partial charge is 0.396 e. The van der Waals surface area contributed by atoms with Gasteiger partial charge in [-0.1, -0.05) is 22.0 Å². The minimum atomic E-state index is 0.310. The third kappa shape index (κ3) is 3.39. The van der Waals surface area contributed by atoms with Gasteiger partial charge in [-0.3, -0.25) is 0 Å². The van der Waals surface area contributed by atoms with Crippen LogP contribution in [0.25, 0.3) is 0 Å². The van der Waals surface area contributed by atoms with Gasteiger partial charge in [0.25, 0.3) is 0 Å². The van der Waals surface area contributed by atoms with E-state index in [-0.39, 0.29) is 0 Å². The molecular weight excluding hydrogens is 302 g/mol. The highest BCUT2D eigenvalue weighted by Gasteiger charge is 2.32. The minimum Gasteiger partial charge on any atom is -0.396 e. The van der Waals surface area contributed by atoms with Crippen molar-refractivity contribution in [2.75, 3.05) is 6.61 Å². The van der Waals surface area contributed by atoms with Crippen molar-refractivity contribution in [2.24, 2.45) is 5.92 Å². The van der Waals surface area contributed by atoms with Crippen molar-refractivity contribution < 1.29 is 5.11 Å². The van der Waals surface area contributed by atoms with Gasteiger partial charge in [0, 0.05) is 23.2 Å². The van der Waals surface area contributed by atoms with Crippen LogP contribution in [0.5, 0.6) is 0 Å². The van der Waals surface area contributed by atoms with Crippen LogP contribution >= 0.6 is 15.9 Å². The Morgan fingerprint density at radius 3 is 2.84 bits per heavy atom. The van der Waals surface area contributed by atoms with E-state index in [1.165, 1.54) is 41.3 Å². The van der Waals surface area contributed by atoms with E-state index in [2.05, 4.69) is 39.4 Å². The summed E-state index contributed by atoms with van der Waals surface area (Å²) in [6.07, 6.45) is 7.12. The molecule has 0 saturated heterocycles. The van der Waals surface area contributed by atoms with Crippen LogP contribution in [-0.2, 0) is 12.8 Å². The van der Waals surface area contributed by atoms with Gasteiger partial charge in [0.2, 0.25) is 0 Å². The number of halogens is 1. The number of hydrogen-bond donors (Lipinski definition) is 2. The Morgan fingerprint density at radius 1 is 1.26 bits per heavy atom. The molecule has 2 N–H and O–H groups in total. The van der Waals surface area contributed by atoms with E-state index in [1.54, 1.807) is 0 Å². The lowest BCUT2D eigenvalue weighted by Gasteiger charge is -2.30. The Balaban J connectivity index is 1.63. The molecule has 2 nitrogen and oxygen atoms in total. The SMILES string of the molecule is OCC[C@@H](N[C@@H]1CCc2cc(Br)ccc2C1)C1CC1. The van der Waals surface area contributed by atoms with Crippen LogP contribution in [0.2, 0.25) is 0 Å². The molecule has 1 saturated carbocycles. The topological polar surface area (TPSA) is 32.3 Å². The Bertz CT molecular complexity index is 444. The molecule has 1 aromatic rings. The smallest absolute Gasteiger partial charge is 0.0445 e. The zero-order chi connectivity index (χ0) is 13.2. The van der Waals surface area contributed by atoms with Crippen LogP contribution in [-0.4, -0.2) is 23.8 Å². The average Bonchev–Trinajstić information content (AvgIpc) is 3.23. The number of hydrogen-bond acceptors (Lipinski definition) is 2. The normalized spacial score (nSPS) is 24.0. The molecule has 0 amide bonds. The molecule has 2 atom stereocenters. The molecular formula is C16H22BrNO. The third-order valence-electron chi connectivity index (χ3n) is 4.48. The molecule has 3 rings (SSSR count). The predicted octanol–water partition coefficient (Wildman–Crippen LogP) is 3.06. The van der Waals surface area contributed by atoms with E-state index in [9.17, 15) is 5.11 Å². The first-order valence-electron chi connectivity index (χ1n) is 7.40. The van der Waals surface area contributed by atoms with Crippen molar-refractivity contribution in [3.05, 3.63) is 33.8 Å². The van der Waals surface area contributed by atoms with Gasteiger partial charge in [-0.15, -0.1) is 0 Å². The Hall–Kier alpha value is -0.380. The highest BCUT2D eigenvalue weighted by Crippen LogP contribution is 2.35. The van der Waals surface area contributed by atoms with E-state index >= 15 is 0 Å². The standard InChI is InChI=1S/C16H22BrNO/c17-14-5-3-13-10-15(6-4-12(13)9-14)18-16(7-8-19)11-1-2-11/h3,5,9,11,15-16,18-19H,1-2,4,6-8,10H2/t15-,16-/m1/s1. The fourth-order valence-electron chi connectivity index (χ4n) is 3.26. The molecule has 0 radical (unpaired) electrons. The maximum atomic E-state index is 9.19. The van der Waals surface area contributed by atoms with E-state index in [4.69, 9.17) is 0 Å². The van der Waals surface area contributed by atoms with Crippen molar-refractivity contribution in [3.63, 3.8) is 0 Å². The first kappa shape index (κ1) is 13.6. The van der Waals surface area contributed by atoms with Gasteiger partial charge < -0.3 is 10.4 Å². The van der Waals surface area contributed by atoms with E-state index in [0.29, 0.717) is 18.7 Å². The predicted molar refractivity (Wildman–Crippen MR) is 81.3 cm³/mol. The second-order valence-electron chi connectivity index (χ2n) is 5.98. The summed E-state index contributed by atoms with van der Waals surface area (Å²) < 4.78 is 1.19. The number of aliphatic hydroxyl groups is 1. The number of fused-ring (bicyclic) bond motifs is 1. The fourth-order valence-corrected chi connectivity index (χ4v) is 3.67. The van der Waals surface area contributed by atoms with Crippen LogP contribution < -0.4 is 5.32 Å². The lowest BCUT2D eigenvalue weighted by molar-refractivity contribution is 0.244. The summed E-state index contributed by atoms with van der Waals surface area (Å²) in [5.74, 6) is 0.818. The molecule has 0 aliphatic heterocycles. The molecule has 1 fully saturated rings. The molecule has 104 valence electrons. The van der Waals surface area contributed by atoms with Crippen LogP contribution in [0.15, 0.2) is 22.7 Å². The fraction of sp³-hybridized carbons (Fsp3) is 0.625. The number of benzene rings is 1. The van der Waals surface area contributed by atoms with Gasteiger partial charge >= 0.3 is 0 Å². The number of aliphatic hydroxyl groups excluding tert-OH is 1. The highest BCUT2D eigenvalue weighted by molar-refractivity contribution is 9.10. The second-order valence-corrected chi connectivity index (χ2v) is 6.89. The molecule has 2 aliphatic rings. The van der Waals surface area contributed by atoms with E-state index in [0.717, 1.165) is 18.8 Å². The summed E-state index contributed by atoms with van der Waals surface area (Å²) in [5, 5.41) is 13.0. The summed E-state index contributed by atoms with van der Waals surface area (Å²) in [6.45, 7) is 0.310. The summed E-state index contributed by atoms with van der Waals surface area (Å²) >= 11 is 3.55. The van der Waals surface area contributed by atoms with Crippen LogP contribution in [0.1, 0.15) is 36.8 Å². The summed E-state index contributed by atoms with van der Waals surface area (Å²) in [6, 6.07) is 7.79. The van der Waals surface area contributed by atoms with Gasteiger partial charge in [0.05, 0.1) is 0 Å². The summed E-state index contributed by atoms with van der Waals surface area (Å²) in [7, 11) is 0. The third-order valence-corrected chi connectivity index (χ3v) is 4.97. The maximum absolute atomic E-state index is 9.19. The van der Waals surface area contributed by atoms with Crippen LogP contribution in [0.4, 0.5) is 0 Å². The number of rotatable bonds is 5. The second kappa shape index (κ2) is 5.94. The van der Waals surface area contributed by atoms with Crippen molar-refractivity contribution in [2.45, 2.75) is 50.6 Å². The molecule has 0 unspecified atom stereocenters. The summed E-state index contributed by atoms with van der Waals surface area (Å²) in [4.78, 5) is 0. The number of aryl methyl sites for hydroxylation is 1. The lowest BCUT2D eigenvalue weighted by atomic mass is 9.87. The Morgan fingerprint density at radius 2 is 2.11 bits per heavy atom. The average molecular weight is 324 g/mol. The lowest BCUT2D eigenvalue weighted by Crippen LogP contribution is -2.43. The summed E-state index contributed by atoms with van der Waals surface area (Å²) in [5.41, 5.74) is 2.99. The molecule has 3 heteroatoms. The molecule has 19 heavy (non-hydrogen) atoms. The van der Waals surface area contributed by atoms with Crippen molar-refractivity contribution in [3.8, 4) is 0 Å². The molecule has 0 bridgehead atoms. The highest BCUT2D eigenvalue weighted by atomic mass is 79.9. The molecule has 1 aromatic carbocycles. The minimum absolute atomic E-state index is 0.310. The first-order chi connectivity index (χ1) is 9.26. The van der Waals surface area contributed by atoms with Crippen LogP contribution in [0.3, 0.4) is 0 Å².